The van der Waals surface area contributed by atoms with Gasteiger partial charge in [-0.1, -0.05) is 0 Å². The van der Waals surface area contributed by atoms with Crippen molar-refractivity contribution in [1.29, 1.82) is 0 Å². The van der Waals surface area contributed by atoms with Crippen LogP contribution in [0.3, 0.4) is 0 Å². The third kappa shape index (κ3) is 8.60. The molecule has 0 unspecified atom stereocenters. The lowest BCUT2D eigenvalue weighted by Gasteiger charge is -2.31. The Morgan fingerprint density at radius 1 is 1.25 bits per heavy atom. The highest BCUT2D eigenvalue weighted by atomic mass is 127. The summed E-state index contributed by atoms with van der Waals surface area (Å²) in [5, 5.41) is 15.3. The second-order valence-electron chi connectivity index (χ2n) is 7.46. The number of rotatable bonds is 9. The summed E-state index contributed by atoms with van der Waals surface area (Å²) in [6, 6.07) is 0.423. The molecule has 2 N–H and O–H groups in total. The van der Waals surface area contributed by atoms with Crippen LogP contribution in [0.25, 0.3) is 0 Å². The van der Waals surface area contributed by atoms with Gasteiger partial charge in [-0.2, -0.15) is 0 Å². The Balaban J connectivity index is 0.00000392. The number of nitrogens with one attached hydrogen (secondary N) is 2. The molecule has 1 aromatic heterocycles. The molecule has 162 valence electrons. The van der Waals surface area contributed by atoms with Gasteiger partial charge in [-0.15, -0.1) is 34.2 Å². The number of aryl methyl sites for hydroxylation is 1. The van der Waals surface area contributed by atoms with Gasteiger partial charge < -0.3 is 24.7 Å². The molecule has 2 rings (SSSR count). The first kappa shape index (κ1) is 25.1. The number of nitrogens with zero attached hydrogens (tertiary/aromatic N) is 4. The van der Waals surface area contributed by atoms with Gasteiger partial charge in [0.1, 0.15) is 12.4 Å². The first-order valence-corrected chi connectivity index (χ1v) is 10.0. The third-order valence-electron chi connectivity index (χ3n) is 4.86. The highest BCUT2D eigenvalue weighted by Gasteiger charge is 2.23. The van der Waals surface area contributed by atoms with E-state index in [1.54, 1.807) is 7.11 Å². The van der Waals surface area contributed by atoms with E-state index >= 15 is 0 Å². The van der Waals surface area contributed by atoms with Gasteiger partial charge in [0, 0.05) is 33.4 Å². The van der Waals surface area contributed by atoms with Crippen LogP contribution in [0, 0.1) is 6.92 Å². The second-order valence-corrected chi connectivity index (χ2v) is 7.46. The lowest BCUT2D eigenvalue weighted by molar-refractivity contribution is -0.0152. The molecule has 1 aliphatic rings. The Morgan fingerprint density at radius 3 is 2.54 bits per heavy atom. The van der Waals surface area contributed by atoms with Crippen molar-refractivity contribution in [1.82, 2.24) is 25.4 Å². The zero-order valence-corrected chi connectivity index (χ0v) is 20.2. The number of hydrogen-bond donors (Lipinski definition) is 2. The molecule has 1 saturated carbocycles. The summed E-state index contributed by atoms with van der Waals surface area (Å²) in [6.45, 7) is 8.22. The van der Waals surface area contributed by atoms with E-state index in [0.29, 0.717) is 24.8 Å². The monoisotopic (exact) mass is 508 g/mol. The van der Waals surface area contributed by atoms with Crippen LogP contribution in [0.15, 0.2) is 4.99 Å². The van der Waals surface area contributed by atoms with Crippen LogP contribution in [0.4, 0.5) is 0 Å². The molecule has 1 aliphatic carbocycles. The molecule has 0 bridgehead atoms. The fourth-order valence-electron chi connectivity index (χ4n) is 3.24. The largest absolute Gasteiger partial charge is 0.385 e. The topological polar surface area (TPSA) is 85.6 Å². The normalized spacial score (nSPS) is 20.1. The Bertz CT molecular complexity index is 585. The summed E-state index contributed by atoms with van der Waals surface area (Å²) in [4.78, 5) is 4.73. The first-order valence-electron chi connectivity index (χ1n) is 10.0. The van der Waals surface area contributed by atoms with Gasteiger partial charge in [-0.25, -0.2) is 4.99 Å². The van der Waals surface area contributed by atoms with Gasteiger partial charge in [0.05, 0.1) is 12.2 Å². The zero-order valence-electron chi connectivity index (χ0n) is 17.9. The van der Waals surface area contributed by atoms with Crippen molar-refractivity contribution in [2.24, 2.45) is 12.0 Å². The molecular formula is C19H37IN6O2. The van der Waals surface area contributed by atoms with E-state index < -0.39 is 0 Å². The summed E-state index contributed by atoms with van der Waals surface area (Å²) in [5.74, 6) is 2.59. The average Bonchev–Trinajstić information content (AvgIpc) is 2.96. The van der Waals surface area contributed by atoms with Gasteiger partial charge in [0.25, 0.3) is 0 Å². The second kappa shape index (κ2) is 13.3. The molecular weight excluding hydrogens is 471 g/mol. The van der Waals surface area contributed by atoms with E-state index in [2.05, 4.69) is 34.7 Å². The minimum absolute atomic E-state index is 0. The minimum Gasteiger partial charge on any atom is -0.385 e. The zero-order chi connectivity index (χ0) is 19.6. The summed E-state index contributed by atoms with van der Waals surface area (Å²) in [6.07, 6.45) is 6.01. The molecule has 9 heteroatoms. The number of halogens is 1. The van der Waals surface area contributed by atoms with Crippen LogP contribution in [-0.2, 0) is 23.1 Å². The summed E-state index contributed by atoms with van der Waals surface area (Å²) in [5.41, 5.74) is 0. The van der Waals surface area contributed by atoms with Crippen LogP contribution in [-0.4, -0.2) is 59.2 Å². The van der Waals surface area contributed by atoms with Crippen LogP contribution in [0.1, 0.15) is 57.6 Å². The Labute approximate surface area is 186 Å². The van der Waals surface area contributed by atoms with Crippen molar-refractivity contribution in [2.75, 3.05) is 20.3 Å². The maximum atomic E-state index is 5.95. The maximum absolute atomic E-state index is 5.95. The Kier molecular flexibility index (Phi) is 11.9. The van der Waals surface area contributed by atoms with Crippen LogP contribution >= 0.6 is 24.0 Å². The number of guanidine groups is 1. The molecule has 0 atom stereocenters. The van der Waals surface area contributed by atoms with Gasteiger partial charge >= 0.3 is 0 Å². The Hall–Kier alpha value is -0.940. The van der Waals surface area contributed by atoms with Gasteiger partial charge in [-0.05, 0) is 52.9 Å². The SMILES string of the molecule is COCCCNC(=NCc1nnc(C)n1C)NC1CCC(OC(C)C)CC1.I. The molecule has 0 aromatic carbocycles. The van der Waals surface area contributed by atoms with E-state index in [1.165, 1.54) is 0 Å². The third-order valence-corrected chi connectivity index (χ3v) is 4.86. The van der Waals surface area contributed by atoms with E-state index in [9.17, 15) is 0 Å². The first-order chi connectivity index (χ1) is 13.0. The molecule has 0 amide bonds. The van der Waals surface area contributed by atoms with E-state index in [-0.39, 0.29) is 24.0 Å². The van der Waals surface area contributed by atoms with Crippen molar-refractivity contribution in [3.8, 4) is 0 Å². The molecule has 8 nitrogen and oxygen atoms in total. The predicted octanol–water partition coefficient (Wildman–Crippen LogP) is 2.55. The minimum atomic E-state index is 0. The van der Waals surface area contributed by atoms with Crippen molar-refractivity contribution < 1.29 is 9.47 Å². The standard InChI is InChI=1S/C19H36N6O2.HI/c1-14(2)27-17-9-7-16(8-10-17)22-19(20-11-6-12-26-5)21-13-18-24-23-15(3)25(18)4;/h14,16-17H,6-13H2,1-5H3,(H2,20,21,22);1H. The molecule has 0 saturated heterocycles. The van der Waals surface area contributed by atoms with Crippen molar-refractivity contribution in [3.63, 3.8) is 0 Å². The number of hydrogen-bond acceptors (Lipinski definition) is 5. The van der Waals surface area contributed by atoms with Crippen LogP contribution in [0.5, 0.6) is 0 Å². The van der Waals surface area contributed by atoms with Gasteiger partial charge in [0.15, 0.2) is 11.8 Å². The summed E-state index contributed by atoms with van der Waals surface area (Å²) >= 11 is 0. The van der Waals surface area contributed by atoms with E-state index in [1.807, 2.05) is 18.5 Å². The van der Waals surface area contributed by atoms with Crippen LogP contribution < -0.4 is 10.6 Å². The average molecular weight is 508 g/mol. The highest BCUT2D eigenvalue weighted by molar-refractivity contribution is 14.0. The molecule has 1 heterocycles. The molecule has 0 aliphatic heterocycles. The lowest BCUT2D eigenvalue weighted by atomic mass is 9.93. The van der Waals surface area contributed by atoms with Crippen molar-refractivity contribution >= 4 is 29.9 Å². The summed E-state index contributed by atoms with van der Waals surface area (Å²) < 4.78 is 13.1. The number of ether oxygens (including phenoxy) is 2. The maximum Gasteiger partial charge on any atom is 0.191 e. The van der Waals surface area contributed by atoms with E-state index in [0.717, 1.165) is 62.9 Å². The summed E-state index contributed by atoms with van der Waals surface area (Å²) in [7, 11) is 3.69. The molecule has 0 spiro atoms. The number of methoxy groups -OCH3 is 1. The fraction of sp³-hybridized carbons (Fsp3) is 0.842. The number of aromatic nitrogens is 3. The van der Waals surface area contributed by atoms with Crippen molar-refractivity contribution in [3.05, 3.63) is 11.6 Å². The molecule has 1 aromatic rings. The van der Waals surface area contributed by atoms with Crippen molar-refractivity contribution in [2.45, 2.75) is 77.7 Å². The number of aliphatic imine (C=N–C) groups is 1. The molecule has 1 fully saturated rings. The predicted molar refractivity (Wildman–Crippen MR) is 122 cm³/mol. The Morgan fingerprint density at radius 2 is 1.96 bits per heavy atom. The van der Waals surface area contributed by atoms with Gasteiger partial charge in [-0.3, -0.25) is 0 Å². The molecule has 28 heavy (non-hydrogen) atoms. The lowest BCUT2D eigenvalue weighted by Crippen LogP contribution is -2.46. The smallest absolute Gasteiger partial charge is 0.191 e. The van der Waals surface area contributed by atoms with Gasteiger partial charge in [0.2, 0.25) is 0 Å². The van der Waals surface area contributed by atoms with Crippen LogP contribution in [0.2, 0.25) is 0 Å². The highest BCUT2D eigenvalue weighted by Crippen LogP contribution is 2.22. The quantitative estimate of drug-likeness (QED) is 0.231. The molecule has 0 radical (unpaired) electrons. The van der Waals surface area contributed by atoms with E-state index in [4.69, 9.17) is 14.5 Å². The fourth-order valence-corrected chi connectivity index (χ4v) is 3.24.